The number of thiophene rings is 1. The van der Waals surface area contributed by atoms with Crippen LogP contribution in [0.3, 0.4) is 0 Å². The van der Waals surface area contributed by atoms with Gasteiger partial charge in [0, 0.05) is 16.8 Å². The molecule has 0 aliphatic heterocycles. The van der Waals surface area contributed by atoms with Gasteiger partial charge in [-0.2, -0.15) is 5.10 Å². The van der Waals surface area contributed by atoms with Crippen molar-refractivity contribution in [1.82, 2.24) is 10.2 Å². The number of hydrogen-bond donors (Lipinski definition) is 2. The van der Waals surface area contributed by atoms with Gasteiger partial charge in [-0.15, -0.1) is 11.3 Å². The lowest BCUT2D eigenvalue weighted by Gasteiger charge is -1.95. The van der Waals surface area contributed by atoms with Crippen LogP contribution in [0.2, 0.25) is 0 Å². The minimum Gasteiger partial charge on any atom is -0.366 e. The second kappa shape index (κ2) is 3.85. The second-order valence-electron chi connectivity index (χ2n) is 4.73. The number of aromatic nitrogens is 2. The van der Waals surface area contributed by atoms with Crippen molar-refractivity contribution < 1.29 is 0 Å². The summed E-state index contributed by atoms with van der Waals surface area (Å²) in [6.07, 6.45) is 2.54. The first-order chi connectivity index (χ1) is 8.88. The maximum absolute atomic E-state index is 4.31. The highest BCUT2D eigenvalue weighted by Crippen LogP contribution is 2.33. The van der Waals surface area contributed by atoms with Crippen LogP contribution in [0.15, 0.2) is 36.4 Å². The number of anilines is 1. The Morgan fingerprint density at radius 1 is 1.22 bits per heavy atom. The quantitative estimate of drug-likeness (QED) is 0.746. The molecule has 0 atom stereocenters. The van der Waals surface area contributed by atoms with Crippen LogP contribution in [-0.2, 0) is 0 Å². The lowest BCUT2D eigenvalue weighted by Crippen LogP contribution is -2.00. The summed E-state index contributed by atoms with van der Waals surface area (Å²) in [5, 5.41) is 12.1. The minimum atomic E-state index is 0.642. The fourth-order valence-corrected chi connectivity index (χ4v) is 3.10. The maximum atomic E-state index is 4.31. The van der Waals surface area contributed by atoms with E-state index in [2.05, 4.69) is 51.9 Å². The third-order valence-corrected chi connectivity index (χ3v) is 4.35. The monoisotopic (exact) mass is 255 g/mol. The smallest absolute Gasteiger partial charge is 0.148 e. The van der Waals surface area contributed by atoms with Crippen LogP contribution in [0.5, 0.6) is 0 Å². The molecule has 2 aromatic heterocycles. The van der Waals surface area contributed by atoms with E-state index < -0.39 is 0 Å². The Kier molecular flexibility index (Phi) is 2.17. The van der Waals surface area contributed by atoms with Crippen LogP contribution < -0.4 is 5.32 Å². The van der Waals surface area contributed by atoms with Crippen molar-refractivity contribution in [2.45, 2.75) is 18.9 Å². The van der Waals surface area contributed by atoms with Gasteiger partial charge in [0.25, 0.3) is 0 Å². The Bertz CT molecular complexity index is 661. The fourth-order valence-electron chi connectivity index (χ4n) is 2.07. The summed E-state index contributed by atoms with van der Waals surface area (Å²) in [5.74, 6) is 0.963. The van der Waals surface area contributed by atoms with Crippen molar-refractivity contribution >= 4 is 27.2 Å². The highest BCUT2D eigenvalue weighted by atomic mass is 32.1. The lowest BCUT2D eigenvalue weighted by atomic mass is 10.2. The van der Waals surface area contributed by atoms with Gasteiger partial charge in [0.1, 0.15) is 5.82 Å². The minimum absolute atomic E-state index is 0.642. The molecule has 0 saturated heterocycles. The van der Waals surface area contributed by atoms with Crippen LogP contribution in [0, 0.1) is 0 Å². The Labute approximate surface area is 109 Å². The van der Waals surface area contributed by atoms with Gasteiger partial charge in [-0.05, 0) is 30.4 Å². The average molecular weight is 255 g/mol. The van der Waals surface area contributed by atoms with Crippen LogP contribution in [0.4, 0.5) is 5.82 Å². The largest absolute Gasteiger partial charge is 0.366 e. The number of hydrogen-bond acceptors (Lipinski definition) is 3. The summed E-state index contributed by atoms with van der Waals surface area (Å²) in [7, 11) is 0. The molecule has 0 spiro atoms. The molecule has 3 aromatic rings. The number of nitrogens with one attached hydrogen (secondary N) is 2. The molecule has 0 unspecified atom stereocenters. The molecule has 2 heterocycles. The van der Waals surface area contributed by atoms with Gasteiger partial charge >= 0.3 is 0 Å². The average Bonchev–Trinajstić information content (AvgIpc) is 2.92. The molecule has 90 valence electrons. The van der Waals surface area contributed by atoms with Gasteiger partial charge in [0.2, 0.25) is 0 Å². The summed E-state index contributed by atoms with van der Waals surface area (Å²) >= 11 is 1.80. The number of aromatic amines is 1. The summed E-state index contributed by atoms with van der Waals surface area (Å²) in [6.45, 7) is 0. The van der Waals surface area contributed by atoms with Crippen molar-refractivity contribution in [3.8, 4) is 10.6 Å². The zero-order valence-corrected chi connectivity index (χ0v) is 10.6. The third kappa shape index (κ3) is 1.78. The number of H-pyrrole nitrogens is 1. The van der Waals surface area contributed by atoms with Gasteiger partial charge in [0.15, 0.2) is 0 Å². The van der Waals surface area contributed by atoms with Gasteiger partial charge in [0.05, 0.1) is 10.6 Å². The number of nitrogens with zero attached hydrogens (tertiary/aromatic N) is 1. The predicted octanol–water partition coefficient (Wildman–Crippen LogP) is 3.87. The topological polar surface area (TPSA) is 40.7 Å². The Morgan fingerprint density at radius 2 is 2.11 bits per heavy atom. The second-order valence-corrected chi connectivity index (χ2v) is 5.82. The summed E-state index contributed by atoms with van der Waals surface area (Å²) in [5.41, 5.74) is 1.10. The van der Waals surface area contributed by atoms with E-state index in [1.807, 2.05) is 0 Å². The number of fused-ring (bicyclic) bond motifs is 1. The van der Waals surface area contributed by atoms with E-state index in [9.17, 15) is 0 Å². The van der Waals surface area contributed by atoms with E-state index in [1.54, 1.807) is 11.3 Å². The molecule has 2 N–H and O–H groups in total. The number of benzene rings is 1. The maximum Gasteiger partial charge on any atom is 0.148 e. The Hall–Kier alpha value is -1.81. The van der Waals surface area contributed by atoms with Gasteiger partial charge in [-0.1, -0.05) is 18.2 Å². The van der Waals surface area contributed by atoms with Crippen molar-refractivity contribution in [2.75, 3.05) is 5.32 Å². The van der Waals surface area contributed by atoms with Gasteiger partial charge in [-0.25, -0.2) is 0 Å². The predicted molar refractivity (Wildman–Crippen MR) is 76.1 cm³/mol. The molecule has 0 bridgehead atoms. The normalized spacial score (nSPS) is 15.1. The molecular weight excluding hydrogens is 242 g/mol. The van der Waals surface area contributed by atoms with Gasteiger partial charge in [-0.3, -0.25) is 5.10 Å². The van der Waals surface area contributed by atoms with Gasteiger partial charge < -0.3 is 5.32 Å². The molecule has 4 heteroatoms. The first kappa shape index (κ1) is 10.1. The molecule has 0 radical (unpaired) electrons. The van der Waals surface area contributed by atoms with Crippen molar-refractivity contribution in [1.29, 1.82) is 0 Å². The molecule has 1 aliphatic carbocycles. The van der Waals surface area contributed by atoms with Crippen molar-refractivity contribution in [2.24, 2.45) is 0 Å². The van der Waals surface area contributed by atoms with Crippen molar-refractivity contribution in [3.63, 3.8) is 0 Å². The molecule has 4 rings (SSSR count). The first-order valence-electron chi connectivity index (χ1n) is 6.19. The Balaban J connectivity index is 1.70. The van der Waals surface area contributed by atoms with E-state index in [4.69, 9.17) is 0 Å². The van der Waals surface area contributed by atoms with E-state index in [0.29, 0.717) is 6.04 Å². The highest BCUT2D eigenvalue weighted by molar-refractivity contribution is 7.22. The lowest BCUT2D eigenvalue weighted by molar-refractivity contribution is 1.05. The van der Waals surface area contributed by atoms with E-state index in [1.165, 1.54) is 27.8 Å². The fraction of sp³-hybridized carbons (Fsp3) is 0.214. The van der Waals surface area contributed by atoms with E-state index in [0.717, 1.165) is 11.5 Å². The first-order valence-corrected chi connectivity index (χ1v) is 7.01. The summed E-state index contributed by atoms with van der Waals surface area (Å²) < 4.78 is 1.32. The zero-order chi connectivity index (χ0) is 11.9. The zero-order valence-electron chi connectivity index (χ0n) is 9.81. The third-order valence-electron chi connectivity index (χ3n) is 3.20. The molecule has 1 saturated carbocycles. The standard InChI is InChI=1S/C14H13N3S/c1-2-4-12-9(3-1)7-13(18-12)11-8-14(17-16-11)15-10-5-6-10/h1-4,7-8,10H,5-6H2,(H2,15,16,17). The molecule has 1 fully saturated rings. The van der Waals surface area contributed by atoms with E-state index in [-0.39, 0.29) is 0 Å². The SMILES string of the molecule is c1ccc2sc(-c3cc(NC4CC4)n[nH]3)cc2c1. The Morgan fingerprint density at radius 3 is 2.94 bits per heavy atom. The molecule has 3 nitrogen and oxygen atoms in total. The molecule has 1 aromatic carbocycles. The molecule has 18 heavy (non-hydrogen) atoms. The van der Waals surface area contributed by atoms with Crippen LogP contribution in [0.25, 0.3) is 20.7 Å². The summed E-state index contributed by atoms with van der Waals surface area (Å²) in [6, 6.07) is 13.4. The van der Waals surface area contributed by atoms with Crippen LogP contribution >= 0.6 is 11.3 Å². The highest BCUT2D eigenvalue weighted by Gasteiger charge is 2.21. The van der Waals surface area contributed by atoms with Crippen molar-refractivity contribution in [3.05, 3.63) is 36.4 Å². The number of rotatable bonds is 3. The van der Waals surface area contributed by atoms with Crippen LogP contribution in [0.1, 0.15) is 12.8 Å². The molecule has 1 aliphatic rings. The molecular formula is C14H13N3S. The van der Waals surface area contributed by atoms with E-state index >= 15 is 0 Å². The molecule has 0 amide bonds. The summed E-state index contributed by atoms with van der Waals surface area (Å²) in [4.78, 5) is 1.24. The van der Waals surface area contributed by atoms with Crippen LogP contribution in [-0.4, -0.2) is 16.2 Å².